The highest BCUT2D eigenvalue weighted by Gasteiger charge is 2.30. The van der Waals surface area contributed by atoms with E-state index in [-0.39, 0.29) is 17.9 Å². The van der Waals surface area contributed by atoms with Gasteiger partial charge in [0.1, 0.15) is 0 Å². The molecule has 114 valence electrons. The van der Waals surface area contributed by atoms with Gasteiger partial charge in [-0.05, 0) is 43.9 Å². The van der Waals surface area contributed by atoms with Crippen molar-refractivity contribution in [2.24, 2.45) is 5.92 Å². The molecule has 0 bridgehead atoms. The highest BCUT2D eigenvalue weighted by atomic mass is 19.4. The number of nitrogens with one attached hydrogen (secondary N) is 1. The first-order chi connectivity index (χ1) is 9.88. The Labute approximate surface area is 122 Å². The summed E-state index contributed by atoms with van der Waals surface area (Å²) in [7, 11) is 0. The van der Waals surface area contributed by atoms with Crippen LogP contribution in [0.2, 0.25) is 0 Å². The minimum Gasteiger partial charge on any atom is -0.349 e. The molecule has 1 aromatic rings. The first kappa shape index (κ1) is 15.6. The molecule has 0 aromatic heterocycles. The van der Waals surface area contributed by atoms with E-state index < -0.39 is 11.7 Å². The second-order valence-corrected chi connectivity index (χ2v) is 5.33. The van der Waals surface area contributed by atoms with Crippen LogP contribution in [0, 0.1) is 5.92 Å². The summed E-state index contributed by atoms with van der Waals surface area (Å²) in [4.78, 5) is 12.1. The van der Waals surface area contributed by atoms with Crippen molar-refractivity contribution in [1.29, 1.82) is 0 Å². The summed E-state index contributed by atoms with van der Waals surface area (Å²) in [6, 6.07) is 4.61. The van der Waals surface area contributed by atoms with Gasteiger partial charge >= 0.3 is 6.18 Å². The van der Waals surface area contributed by atoms with Gasteiger partial charge in [0.25, 0.3) is 0 Å². The predicted molar refractivity (Wildman–Crippen MR) is 74.5 cm³/mol. The van der Waals surface area contributed by atoms with E-state index in [1.54, 1.807) is 6.92 Å². The molecule has 0 saturated carbocycles. The van der Waals surface area contributed by atoms with Crippen LogP contribution in [-0.2, 0) is 11.0 Å². The van der Waals surface area contributed by atoms with Gasteiger partial charge in [0.15, 0.2) is 0 Å². The van der Waals surface area contributed by atoms with Gasteiger partial charge < -0.3 is 5.32 Å². The van der Waals surface area contributed by atoms with Crippen LogP contribution in [0.3, 0.4) is 0 Å². The molecule has 1 aliphatic carbocycles. The van der Waals surface area contributed by atoms with E-state index in [9.17, 15) is 18.0 Å². The Balaban J connectivity index is 1.98. The molecule has 0 heterocycles. The zero-order valence-electron chi connectivity index (χ0n) is 11.8. The molecule has 0 unspecified atom stereocenters. The summed E-state index contributed by atoms with van der Waals surface area (Å²) in [5, 5.41) is 2.87. The number of amides is 1. The maximum atomic E-state index is 12.5. The zero-order valence-corrected chi connectivity index (χ0v) is 11.8. The van der Waals surface area contributed by atoms with Crippen LogP contribution >= 0.6 is 0 Å². The fourth-order valence-electron chi connectivity index (χ4n) is 2.41. The van der Waals surface area contributed by atoms with E-state index in [0.717, 1.165) is 31.4 Å². The average molecular weight is 297 g/mol. The molecule has 0 spiro atoms. The minimum atomic E-state index is -4.33. The maximum Gasteiger partial charge on any atom is 0.416 e. The van der Waals surface area contributed by atoms with E-state index >= 15 is 0 Å². The lowest BCUT2D eigenvalue weighted by molar-refractivity contribution is -0.137. The Morgan fingerprint density at radius 1 is 1.24 bits per heavy atom. The Kier molecular flexibility index (Phi) is 4.70. The second kappa shape index (κ2) is 6.33. The smallest absolute Gasteiger partial charge is 0.349 e. The topological polar surface area (TPSA) is 29.1 Å². The van der Waals surface area contributed by atoms with Gasteiger partial charge in [0.05, 0.1) is 11.6 Å². The molecule has 2 nitrogen and oxygen atoms in total. The van der Waals surface area contributed by atoms with Crippen molar-refractivity contribution >= 4 is 5.91 Å². The quantitative estimate of drug-likeness (QED) is 0.831. The van der Waals surface area contributed by atoms with Crippen molar-refractivity contribution < 1.29 is 18.0 Å². The van der Waals surface area contributed by atoms with Crippen LogP contribution < -0.4 is 5.32 Å². The van der Waals surface area contributed by atoms with Crippen LogP contribution in [-0.4, -0.2) is 5.91 Å². The molecule has 21 heavy (non-hydrogen) atoms. The molecule has 2 rings (SSSR count). The number of carbonyl (C=O) groups excluding carboxylic acids is 1. The first-order valence-electron chi connectivity index (χ1n) is 7.00. The highest BCUT2D eigenvalue weighted by Crippen LogP contribution is 2.30. The van der Waals surface area contributed by atoms with Crippen molar-refractivity contribution in [2.75, 3.05) is 0 Å². The van der Waals surface area contributed by atoms with Crippen molar-refractivity contribution in [2.45, 2.75) is 38.4 Å². The standard InChI is InChI=1S/C16H18F3NO/c1-11(20-15(21)13-5-3-2-4-6-13)12-7-9-14(10-8-12)16(17,18)19/h2-3,7-11,13H,4-6H2,1H3,(H,20,21)/t11-,13+/m0/s1. The number of alkyl halides is 3. The number of hydrogen-bond acceptors (Lipinski definition) is 1. The van der Waals surface area contributed by atoms with Crippen molar-refractivity contribution in [3.05, 3.63) is 47.5 Å². The molecule has 1 N–H and O–H groups in total. The molecule has 5 heteroatoms. The van der Waals surface area contributed by atoms with Crippen LogP contribution in [0.25, 0.3) is 0 Å². The van der Waals surface area contributed by atoms with Crippen molar-refractivity contribution in [1.82, 2.24) is 5.32 Å². The lowest BCUT2D eigenvalue weighted by Crippen LogP contribution is -2.33. The number of allylic oxidation sites excluding steroid dienone is 2. The predicted octanol–water partition coefficient (Wildman–Crippen LogP) is 4.24. The first-order valence-corrected chi connectivity index (χ1v) is 7.00. The van der Waals surface area contributed by atoms with Gasteiger partial charge in [-0.1, -0.05) is 24.3 Å². The lowest BCUT2D eigenvalue weighted by atomic mass is 9.93. The van der Waals surface area contributed by atoms with Gasteiger partial charge in [0.2, 0.25) is 5.91 Å². The third kappa shape index (κ3) is 4.09. The Bertz CT molecular complexity index is 519. The van der Waals surface area contributed by atoms with E-state index in [1.165, 1.54) is 12.1 Å². The molecule has 0 radical (unpaired) electrons. The molecule has 0 fully saturated rings. The number of benzene rings is 1. The van der Waals surface area contributed by atoms with Gasteiger partial charge in [-0.2, -0.15) is 13.2 Å². The van der Waals surface area contributed by atoms with E-state index in [1.807, 2.05) is 6.08 Å². The summed E-state index contributed by atoms with van der Waals surface area (Å²) in [5.74, 6) is -0.0707. The van der Waals surface area contributed by atoms with Gasteiger partial charge in [-0.15, -0.1) is 0 Å². The van der Waals surface area contributed by atoms with Crippen molar-refractivity contribution in [3.8, 4) is 0 Å². The Morgan fingerprint density at radius 2 is 1.90 bits per heavy atom. The summed E-state index contributed by atoms with van der Waals surface area (Å²) in [6.45, 7) is 1.78. The minimum absolute atomic E-state index is 0.0353. The fourth-order valence-corrected chi connectivity index (χ4v) is 2.41. The molecule has 1 aliphatic rings. The van der Waals surface area contributed by atoms with Crippen molar-refractivity contribution in [3.63, 3.8) is 0 Å². The molecule has 1 amide bonds. The zero-order chi connectivity index (χ0) is 15.5. The van der Waals surface area contributed by atoms with Gasteiger partial charge in [-0.25, -0.2) is 0 Å². The number of hydrogen-bond donors (Lipinski definition) is 1. The highest BCUT2D eigenvalue weighted by molar-refractivity contribution is 5.79. The average Bonchev–Trinajstić information content (AvgIpc) is 2.47. The second-order valence-electron chi connectivity index (χ2n) is 5.33. The molecule has 1 aromatic carbocycles. The summed E-state index contributed by atoms with van der Waals surface area (Å²) in [5.41, 5.74) is -0.00936. The SMILES string of the molecule is C[C@H](NC(=O)[C@@H]1CC=CCC1)c1ccc(C(F)(F)F)cc1. The van der Waals surface area contributed by atoms with Crippen LogP contribution in [0.4, 0.5) is 13.2 Å². The van der Waals surface area contributed by atoms with E-state index in [4.69, 9.17) is 0 Å². The molecular formula is C16H18F3NO. The number of halogens is 3. The third-order valence-electron chi connectivity index (χ3n) is 3.74. The van der Waals surface area contributed by atoms with Crippen LogP contribution in [0.15, 0.2) is 36.4 Å². The Hall–Kier alpha value is -1.78. The van der Waals surface area contributed by atoms with E-state index in [0.29, 0.717) is 5.56 Å². The summed E-state index contributed by atoms with van der Waals surface area (Å²) in [6.07, 6.45) is 2.17. The lowest BCUT2D eigenvalue weighted by Gasteiger charge is -2.21. The van der Waals surface area contributed by atoms with E-state index in [2.05, 4.69) is 11.4 Å². The molecular weight excluding hydrogens is 279 g/mol. The maximum absolute atomic E-state index is 12.5. The third-order valence-corrected chi connectivity index (χ3v) is 3.74. The van der Waals surface area contributed by atoms with Crippen LogP contribution in [0.5, 0.6) is 0 Å². The monoisotopic (exact) mass is 297 g/mol. The summed E-state index contributed by atoms with van der Waals surface area (Å²) < 4.78 is 37.5. The normalized spacial score (nSPS) is 20.1. The largest absolute Gasteiger partial charge is 0.416 e. The summed E-state index contributed by atoms with van der Waals surface area (Å²) >= 11 is 0. The molecule has 0 aliphatic heterocycles. The molecule has 2 atom stereocenters. The van der Waals surface area contributed by atoms with Gasteiger partial charge in [0, 0.05) is 5.92 Å². The number of carbonyl (C=O) groups is 1. The van der Waals surface area contributed by atoms with Gasteiger partial charge in [-0.3, -0.25) is 4.79 Å². The van der Waals surface area contributed by atoms with Crippen LogP contribution in [0.1, 0.15) is 43.4 Å². The Morgan fingerprint density at radius 3 is 2.43 bits per heavy atom. The fraction of sp³-hybridized carbons (Fsp3) is 0.438. The molecule has 0 saturated heterocycles. The number of rotatable bonds is 3.